The van der Waals surface area contributed by atoms with Crippen molar-refractivity contribution in [3.63, 3.8) is 0 Å². The maximum Gasteiger partial charge on any atom is 0.237 e. The van der Waals surface area contributed by atoms with Crippen molar-refractivity contribution < 1.29 is 19.1 Å². The van der Waals surface area contributed by atoms with E-state index in [1.165, 1.54) is 0 Å². The van der Waals surface area contributed by atoms with Crippen molar-refractivity contribution in [2.24, 2.45) is 0 Å². The highest BCUT2D eigenvalue weighted by molar-refractivity contribution is 5.80. The van der Waals surface area contributed by atoms with Crippen LogP contribution in [-0.4, -0.2) is 80.0 Å². The second kappa shape index (κ2) is 10.9. The van der Waals surface area contributed by atoms with E-state index in [2.05, 4.69) is 4.90 Å². The SMILES string of the molecule is COc1ccc(C2CCCN2C(=O)CN2CCN(C(=O)Cc3ccccc3C)CC2)c(OC)c1. The van der Waals surface area contributed by atoms with Crippen LogP contribution in [0, 0.1) is 6.92 Å². The van der Waals surface area contributed by atoms with Gasteiger partial charge in [0, 0.05) is 44.4 Å². The number of rotatable bonds is 7. The highest BCUT2D eigenvalue weighted by Crippen LogP contribution is 2.38. The smallest absolute Gasteiger partial charge is 0.237 e. The summed E-state index contributed by atoms with van der Waals surface area (Å²) in [6.07, 6.45) is 2.34. The van der Waals surface area contributed by atoms with Gasteiger partial charge >= 0.3 is 0 Å². The number of aryl methyl sites for hydroxylation is 1. The molecule has 1 atom stereocenters. The summed E-state index contributed by atoms with van der Waals surface area (Å²) < 4.78 is 10.9. The Labute approximate surface area is 202 Å². The van der Waals surface area contributed by atoms with Crippen molar-refractivity contribution in [1.82, 2.24) is 14.7 Å². The van der Waals surface area contributed by atoms with Crippen LogP contribution in [0.3, 0.4) is 0 Å². The molecule has 2 aromatic rings. The van der Waals surface area contributed by atoms with Crippen molar-refractivity contribution in [3.8, 4) is 11.5 Å². The van der Waals surface area contributed by atoms with E-state index < -0.39 is 0 Å². The lowest BCUT2D eigenvalue weighted by Gasteiger charge is -2.36. The molecule has 2 aliphatic heterocycles. The fourth-order valence-corrected chi connectivity index (χ4v) is 5.00. The maximum atomic E-state index is 13.3. The molecule has 182 valence electrons. The molecule has 7 nitrogen and oxygen atoms in total. The van der Waals surface area contributed by atoms with E-state index in [9.17, 15) is 9.59 Å². The van der Waals surface area contributed by atoms with Crippen molar-refractivity contribution in [3.05, 3.63) is 59.2 Å². The molecular weight excluding hydrogens is 430 g/mol. The van der Waals surface area contributed by atoms with Gasteiger partial charge in [0.1, 0.15) is 11.5 Å². The summed E-state index contributed by atoms with van der Waals surface area (Å²) in [4.78, 5) is 32.1. The van der Waals surface area contributed by atoms with Crippen LogP contribution in [0.4, 0.5) is 0 Å². The molecule has 0 saturated carbocycles. The zero-order chi connectivity index (χ0) is 24.1. The minimum Gasteiger partial charge on any atom is -0.497 e. The first-order valence-corrected chi connectivity index (χ1v) is 12.1. The maximum absolute atomic E-state index is 13.3. The van der Waals surface area contributed by atoms with Gasteiger partial charge in [0.05, 0.1) is 33.2 Å². The fraction of sp³-hybridized carbons (Fsp3) is 0.481. The zero-order valence-electron chi connectivity index (χ0n) is 20.5. The molecule has 0 aliphatic carbocycles. The molecule has 2 aromatic carbocycles. The molecule has 0 spiro atoms. The molecule has 1 unspecified atom stereocenters. The number of methoxy groups -OCH3 is 2. The largest absolute Gasteiger partial charge is 0.497 e. The van der Waals surface area contributed by atoms with Gasteiger partial charge in [-0.3, -0.25) is 14.5 Å². The summed E-state index contributed by atoms with van der Waals surface area (Å²) in [5.41, 5.74) is 3.26. The van der Waals surface area contributed by atoms with Crippen LogP contribution in [-0.2, 0) is 16.0 Å². The van der Waals surface area contributed by atoms with Gasteiger partial charge in [0.15, 0.2) is 0 Å². The zero-order valence-corrected chi connectivity index (χ0v) is 20.5. The fourth-order valence-electron chi connectivity index (χ4n) is 5.00. The van der Waals surface area contributed by atoms with Gasteiger partial charge in [0.25, 0.3) is 0 Å². The van der Waals surface area contributed by atoms with E-state index in [4.69, 9.17) is 9.47 Å². The Balaban J connectivity index is 1.32. The van der Waals surface area contributed by atoms with Crippen LogP contribution in [0.5, 0.6) is 11.5 Å². The number of hydrogen-bond acceptors (Lipinski definition) is 5. The summed E-state index contributed by atoms with van der Waals surface area (Å²) in [7, 11) is 3.29. The quantitative estimate of drug-likeness (QED) is 0.629. The third kappa shape index (κ3) is 5.36. The lowest BCUT2D eigenvalue weighted by atomic mass is 10.0. The Morgan fingerprint density at radius 3 is 2.41 bits per heavy atom. The van der Waals surface area contributed by atoms with Crippen molar-refractivity contribution in [2.45, 2.75) is 32.2 Å². The monoisotopic (exact) mass is 465 g/mol. The summed E-state index contributed by atoms with van der Waals surface area (Å²) in [6.45, 7) is 5.94. The van der Waals surface area contributed by atoms with Crippen molar-refractivity contribution in [1.29, 1.82) is 0 Å². The minimum absolute atomic E-state index is 0.0188. The van der Waals surface area contributed by atoms with Crippen LogP contribution in [0.25, 0.3) is 0 Å². The van der Waals surface area contributed by atoms with Gasteiger partial charge in [-0.1, -0.05) is 24.3 Å². The molecule has 0 N–H and O–H groups in total. The number of nitrogens with zero attached hydrogens (tertiary/aromatic N) is 3. The molecule has 2 amide bonds. The number of carbonyl (C=O) groups excluding carboxylic acids is 2. The molecule has 2 saturated heterocycles. The number of benzene rings is 2. The van der Waals surface area contributed by atoms with Gasteiger partial charge in [-0.05, 0) is 43.0 Å². The molecule has 0 aromatic heterocycles. The van der Waals surface area contributed by atoms with Gasteiger partial charge < -0.3 is 19.3 Å². The molecule has 2 heterocycles. The van der Waals surface area contributed by atoms with Gasteiger partial charge in [0.2, 0.25) is 11.8 Å². The first-order chi connectivity index (χ1) is 16.5. The first kappa shape index (κ1) is 24.1. The van der Waals surface area contributed by atoms with Crippen LogP contribution >= 0.6 is 0 Å². The van der Waals surface area contributed by atoms with E-state index in [1.807, 2.05) is 59.2 Å². The second-order valence-corrected chi connectivity index (χ2v) is 9.11. The number of ether oxygens (including phenoxy) is 2. The molecule has 7 heteroatoms. The number of likely N-dealkylation sites (tertiary alicyclic amines) is 1. The summed E-state index contributed by atoms with van der Waals surface area (Å²) >= 11 is 0. The Morgan fingerprint density at radius 2 is 1.71 bits per heavy atom. The second-order valence-electron chi connectivity index (χ2n) is 9.11. The predicted molar refractivity (Wildman–Crippen MR) is 131 cm³/mol. The Morgan fingerprint density at radius 1 is 0.941 bits per heavy atom. The Bertz CT molecular complexity index is 1020. The van der Waals surface area contributed by atoms with E-state index >= 15 is 0 Å². The van der Waals surface area contributed by atoms with Gasteiger partial charge in [-0.15, -0.1) is 0 Å². The molecule has 34 heavy (non-hydrogen) atoms. The minimum atomic E-state index is 0.0188. The number of amides is 2. The molecule has 0 radical (unpaired) electrons. The number of carbonyl (C=O) groups is 2. The normalized spacial score (nSPS) is 18.7. The lowest BCUT2D eigenvalue weighted by Crippen LogP contribution is -2.51. The molecule has 2 aliphatic rings. The average Bonchev–Trinajstić information content (AvgIpc) is 3.35. The Hall–Kier alpha value is -3.06. The summed E-state index contributed by atoms with van der Waals surface area (Å²) in [6, 6.07) is 13.9. The van der Waals surface area contributed by atoms with E-state index in [1.54, 1.807) is 14.2 Å². The van der Waals surface area contributed by atoms with E-state index in [0.717, 1.165) is 60.7 Å². The van der Waals surface area contributed by atoms with Crippen LogP contribution in [0.15, 0.2) is 42.5 Å². The third-order valence-electron chi connectivity index (χ3n) is 7.06. The molecular formula is C27H35N3O4. The van der Waals surface area contributed by atoms with Crippen LogP contribution < -0.4 is 9.47 Å². The highest BCUT2D eigenvalue weighted by Gasteiger charge is 2.33. The summed E-state index contributed by atoms with van der Waals surface area (Å²) in [5, 5.41) is 0. The predicted octanol–water partition coefficient (Wildman–Crippen LogP) is 3.06. The Kier molecular flexibility index (Phi) is 7.73. The molecule has 4 rings (SSSR count). The average molecular weight is 466 g/mol. The summed E-state index contributed by atoms with van der Waals surface area (Å²) in [5.74, 6) is 1.79. The van der Waals surface area contributed by atoms with Crippen LogP contribution in [0.1, 0.15) is 35.6 Å². The standard InChI is InChI=1S/C27H35N3O4/c1-20-7-4-5-8-21(20)17-26(31)29-15-13-28(14-16-29)19-27(32)30-12-6-9-24(30)23-11-10-22(33-2)18-25(23)34-3/h4-5,7-8,10-11,18,24H,6,9,12-17,19H2,1-3H3. The third-order valence-corrected chi connectivity index (χ3v) is 7.06. The van der Waals surface area contributed by atoms with E-state index in [0.29, 0.717) is 26.1 Å². The topological polar surface area (TPSA) is 62.3 Å². The molecule has 2 fully saturated rings. The van der Waals surface area contributed by atoms with Crippen molar-refractivity contribution >= 4 is 11.8 Å². The lowest BCUT2D eigenvalue weighted by molar-refractivity contribution is -0.135. The molecule has 0 bridgehead atoms. The number of hydrogen-bond donors (Lipinski definition) is 0. The number of piperazine rings is 1. The van der Waals surface area contributed by atoms with Crippen molar-refractivity contribution in [2.75, 3.05) is 53.5 Å². The van der Waals surface area contributed by atoms with Gasteiger partial charge in [-0.25, -0.2) is 0 Å². The van der Waals surface area contributed by atoms with Crippen LogP contribution in [0.2, 0.25) is 0 Å². The highest BCUT2D eigenvalue weighted by atomic mass is 16.5. The van der Waals surface area contributed by atoms with E-state index in [-0.39, 0.29) is 17.9 Å². The first-order valence-electron chi connectivity index (χ1n) is 12.1. The van der Waals surface area contributed by atoms with Gasteiger partial charge in [-0.2, -0.15) is 0 Å².